The van der Waals surface area contributed by atoms with Gasteiger partial charge in [-0.3, -0.25) is 0 Å². The number of rotatable bonds is 4. The van der Waals surface area contributed by atoms with Gasteiger partial charge in [-0.1, -0.05) is 12.1 Å². The molecule has 0 aliphatic carbocycles. The summed E-state index contributed by atoms with van der Waals surface area (Å²) in [5, 5.41) is 11.9. The highest BCUT2D eigenvalue weighted by Crippen LogP contribution is 2.32. The van der Waals surface area contributed by atoms with Crippen LogP contribution in [-0.2, 0) is 6.42 Å². The molecule has 2 nitrogen and oxygen atoms in total. The summed E-state index contributed by atoms with van der Waals surface area (Å²) >= 11 is 1.44. The molecular weight excluding hydrogens is 239 g/mol. The Labute approximate surface area is 103 Å². The highest BCUT2D eigenvalue weighted by Gasteiger charge is 2.15. The minimum Gasteiger partial charge on any atom is -0.495 e. The molecule has 1 unspecified atom stereocenters. The summed E-state index contributed by atoms with van der Waals surface area (Å²) in [4.78, 5) is 0.775. The molecule has 0 amide bonds. The fourth-order valence-electron chi connectivity index (χ4n) is 1.70. The van der Waals surface area contributed by atoms with Crippen molar-refractivity contribution in [3.8, 4) is 5.75 Å². The molecule has 1 aromatic heterocycles. The van der Waals surface area contributed by atoms with Gasteiger partial charge < -0.3 is 9.84 Å². The molecule has 0 saturated carbocycles. The second-order valence-electron chi connectivity index (χ2n) is 3.70. The summed E-state index contributed by atoms with van der Waals surface area (Å²) in [5.41, 5.74) is 0.771. The Morgan fingerprint density at radius 3 is 2.94 bits per heavy atom. The Hall–Kier alpha value is -1.39. The lowest BCUT2D eigenvalue weighted by molar-refractivity contribution is 0.178. The zero-order valence-electron chi connectivity index (χ0n) is 9.39. The molecule has 2 aromatic rings. The molecule has 1 N–H and O–H groups in total. The Morgan fingerprint density at radius 2 is 2.24 bits per heavy atom. The van der Waals surface area contributed by atoms with Crippen LogP contribution < -0.4 is 4.74 Å². The molecular formula is C13H13FO2S. The number of hydrogen-bond acceptors (Lipinski definition) is 3. The third-order valence-electron chi connectivity index (χ3n) is 2.50. The van der Waals surface area contributed by atoms with Crippen LogP contribution in [0.1, 0.15) is 16.5 Å². The van der Waals surface area contributed by atoms with Crippen molar-refractivity contribution >= 4 is 11.3 Å². The van der Waals surface area contributed by atoms with E-state index >= 15 is 0 Å². The highest BCUT2D eigenvalue weighted by molar-refractivity contribution is 7.10. The van der Waals surface area contributed by atoms with Gasteiger partial charge >= 0.3 is 0 Å². The quantitative estimate of drug-likeness (QED) is 0.905. The first-order valence-corrected chi connectivity index (χ1v) is 6.12. The maximum Gasteiger partial charge on any atom is 0.135 e. The Balaban J connectivity index is 2.14. The van der Waals surface area contributed by atoms with Gasteiger partial charge in [-0.15, -0.1) is 11.3 Å². The van der Waals surface area contributed by atoms with Gasteiger partial charge in [-0.25, -0.2) is 4.39 Å². The van der Waals surface area contributed by atoms with Crippen LogP contribution >= 0.6 is 11.3 Å². The van der Waals surface area contributed by atoms with Crippen molar-refractivity contribution in [3.63, 3.8) is 0 Å². The summed E-state index contributed by atoms with van der Waals surface area (Å²) < 4.78 is 18.1. The van der Waals surface area contributed by atoms with Crippen LogP contribution in [0.25, 0.3) is 0 Å². The van der Waals surface area contributed by atoms with Gasteiger partial charge in [0.15, 0.2) is 0 Å². The molecule has 0 saturated heterocycles. The molecule has 90 valence electrons. The number of thiophene rings is 1. The molecule has 0 bridgehead atoms. The van der Waals surface area contributed by atoms with Gasteiger partial charge in [-0.05, 0) is 29.1 Å². The van der Waals surface area contributed by atoms with Gasteiger partial charge in [-0.2, -0.15) is 0 Å². The molecule has 0 aliphatic rings. The van der Waals surface area contributed by atoms with Crippen LogP contribution in [0.4, 0.5) is 4.39 Å². The van der Waals surface area contributed by atoms with E-state index in [2.05, 4.69) is 0 Å². The first kappa shape index (κ1) is 12.1. The minimum absolute atomic E-state index is 0.284. The molecule has 0 fully saturated rings. The van der Waals surface area contributed by atoms with Gasteiger partial charge in [0.1, 0.15) is 11.6 Å². The van der Waals surface area contributed by atoms with Crippen LogP contribution in [0.3, 0.4) is 0 Å². The van der Waals surface area contributed by atoms with Crippen LogP contribution in [-0.4, -0.2) is 12.2 Å². The van der Waals surface area contributed by atoms with E-state index in [4.69, 9.17) is 4.74 Å². The molecule has 1 heterocycles. The second kappa shape index (κ2) is 5.29. The van der Waals surface area contributed by atoms with E-state index in [1.165, 1.54) is 23.5 Å². The van der Waals surface area contributed by atoms with E-state index in [0.717, 1.165) is 10.4 Å². The predicted molar refractivity (Wildman–Crippen MR) is 65.9 cm³/mol. The lowest BCUT2D eigenvalue weighted by Crippen LogP contribution is -2.01. The number of methoxy groups -OCH3 is 1. The molecule has 2 rings (SSSR count). The standard InChI is InChI=1S/C13H13FO2S/c1-16-12-5-6-17-13(12)11(15)8-9-3-2-4-10(14)7-9/h2-7,11,15H,8H2,1H3. The normalized spacial score (nSPS) is 12.4. The second-order valence-corrected chi connectivity index (χ2v) is 4.65. The summed E-state index contributed by atoms with van der Waals surface area (Å²) in [5.74, 6) is 0.395. The number of aliphatic hydroxyl groups is 1. The fourth-order valence-corrected chi connectivity index (χ4v) is 2.55. The van der Waals surface area contributed by atoms with Crippen LogP contribution in [0.5, 0.6) is 5.75 Å². The lowest BCUT2D eigenvalue weighted by atomic mass is 10.1. The van der Waals surface area contributed by atoms with E-state index in [-0.39, 0.29) is 5.82 Å². The number of ether oxygens (including phenoxy) is 1. The van der Waals surface area contributed by atoms with E-state index in [1.807, 2.05) is 11.4 Å². The van der Waals surface area contributed by atoms with E-state index < -0.39 is 6.10 Å². The molecule has 17 heavy (non-hydrogen) atoms. The first-order valence-electron chi connectivity index (χ1n) is 5.24. The molecule has 0 radical (unpaired) electrons. The number of hydrogen-bond donors (Lipinski definition) is 1. The average molecular weight is 252 g/mol. The van der Waals surface area contributed by atoms with Crippen molar-refractivity contribution in [1.29, 1.82) is 0 Å². The van der Waals surface area contributed by atoms with Gasteiger partial charge in [0.05, 0.1) is 18.1 Å². The van der Waals surface area contributed by atoms with Crippen molar-refractivity contribution in [3.05, 3.63) is 52.0 Å². The zero-order chi connectivity index (χ0) is 12.3. The van der Waals surface area contributed by atoms with Crippen molar-refractivity contribution in [2.45, 2.75) is 12.5 Å². The molecule has 1 aromatic carbocycles. The number of benzene rings is 1. The maximum atomic E-state index is 13.0. The molecule has 0 aliphatic heterocycles. The van der Waals surface area contributed by atoms with E-state index in [1.54, 1.807) is 19.2 Å². The monoisotopic (exact) mass is 252 g/mol. The third-order valence-corrected chi connectivity index (χ3v) is 3.50. The summed E-state index contributed by atoms with van der Waals surface area (Å²) in [6, 6.07) is 8.08. The van der Waals surface area contributed by atoms with Crippen LogP contribution in [0.2, 0.25) is 0 Å². The molecule has 1 atom stereocenters. The van der Waals surface area contributed by atoms with Crippen LogP contribution in [0.15, 0.2) is 35.7 Å². The zero-order valence-corrected chi connectivity index (χ0v) is 10.2. The van der Waals surface area contributed by atoms with E-state index in [0.29, 0.717) is 12.2 Å². The summed E-state index contributed by atoms with van der Waals surface area (Å²) in [6.45, 7) is 0. The SMILES string of the molecule is COc1ccsc1C(O)Cc1cccc(F)c1. The van der Waals surface area contributed by atoms with Gasteiger partial charge in [0.25, 0.3) is 0 Å². The molecule has 4 heteroatoms. The van der Waals surface area contributed by atoms with Crippen molar-refractivity contribution in [1.82, 2.24) is 0 Å². The predicted octanol–water partition coefficient (Wildman–Crippen LogP) is 3.17. The van der Waals surface area contributed by atoms with Crippen LogP contribution in [0, 0.1) is 5.82 Å². The topological polar surface area (TPSA) is 29.5 Å². The summed E-state index contributed by atoms with van der Waals surface area (Å²) in [6.07, 6.45) is -0.277. The van der Waals surface area contributed by atoms with Crippen molar-refractivity contribution in [2.75, 3.05) is 7.11 Å². The number of aliphatic hydroxyl groups excluding tert-OH is 1. The molecule has 0 spiro atoms. The number of halogens is 1. The third kappa shape index (κ3) is 2.84. The highest BCUT2D eigenvalue weighted by atomic mass is 32.1. The van der Waals surface area contributed by atoms with Gasteiger partial charge in [0.2, 0.25) is 0 Å². The Morgan fingerprint density at radius 1 is 1.41 bits per heavy atom. The van der Waals surface area contributed by atoms with Crippen molar-refractivity contribution < 1.29 is 14.2 Å². The minimum atomic E-state index is -0.660. The lowest BCUT2D eigenvalue weighted by Gasteiger charge is -2.10. The smallest absolute Gasteiger partial charge is 0.135 e. The average Bonchev–Trinajstić information content (AvgIpc) is 2.77. The maximum absolute atomic E-state index is 13.0. The fraction of sp³-hybridized carbons (Fsp3) is 0.231. The first-order chi connectivity index (χ1) is 8.20. The summed E-state index contributed by atoms with van der Waals surface area (Å²) in [7, 11) is 1.57. The largest absolute Gasteiger partial charge is 0.495 e. The Kier molecular flexibility index (Phi) is 3.76. The van der Waals surface area contributed by atoms with Crippen molar-refractivity contribution in [2.24, 2.45) is 0 Å². The van der Waals surface area contributed by atoms with E-state index in [9.17, 15) is 9.50 Å². The van der Waals surface area contributed by atoms with Gasteiger partial charge in [0, 0.05) is 6.42 Å². The Bertz CT molecular complexity index is 496.